The lowest BCUT2D eigenvalue weighted by Gasteiger charge is -2.03. The first kappa shape index (κ1) is 13.4. The molecule has 1 atom stereocenters. The van der Waals surface area contributed by atoms with Crippen LogP contribution in [0.5, 0.6) is 0 Å². The number of nitrogens with one attached hydrogen (secondary N) is 1. The summed E-state index contributed by atoms with van der Waals surface area (Å²) in [5.74, 6) is 1.85. The predicted molar refractivity (Wildman–Crippen MR) is 75.7 cm³/mol. The molecule has 1 aliphatic heterocycles. The molecule has 1 unspecified atom stereocenters. The summed E-state index contributed by atoms with van der Waals surface area (Å²) >= 11 is 5.92. The van der Waals surface area contributed by atoms with E-state index in [4.69, 9.17) is 20.9 Å². The van der Waals surface area contributed by atoms with E-state index >= 15 is 0 Å². The van der Waals surface area contributed by atoms with E-state index in [1.54, 1.807) is 0 Å². The molecule has 2 aromatic rings. The Morgan fingerprint density at radius 3 is 3.15 bits per heavy atom. The number of ether oxygens (including phenoxy) is 1. The zero-order valence-corrected chi connectivity index (χ0v) is 11.8. The number of rotatable bonds is 5. The van der Waals surface area contributed by atoms with Gasteiger partial charge in [-0.2, -0.15) is 4.98 Å². The van der Waals surface area contributed by atoms with E-state index in [0.717, 1.165) is 37.6 Å². The standard InChI is InChI=1S/C14H16ClN3O2/c15-11-2-1-3-12(7-11)16-8-14-17-13(18-20-14)6-10-4-5-19-9-10/h1-3,7,10,16H,4-6,8-9H2. The van der Waals surface area contributed by atoms with Crippen molar-refractivity contribution in [1.29, 1.82) is 0 Å². The van der Waals surface area contributed by atoms with E-state index in [2.05, 4.69) is 15.5 Å². The van der Waals surface area contributed by atoms with Crippen LogP contribution in [0.1, 0.15) is 18.1 Å². The van der Waals surface area contributed by atoms with Gasteiger partial charge in [0.1, 0.15) is 0 Å². The lowest BCUT2D eigenvalue weighted by Crippen LogP contribution is -2.05. The smallest absolute Gasteiger partial charge is 0.245 e. The molecule has 1 N–H and O–H groups in total. The topological polar surface area (TPSA) is 60.2 Å². The molecule has 20 heavy (non-hydrogen) atoms. The van der Waals surface area contributed by atoms with Gasteiger partial charge in [-0.1, -0.05) is 22.8 Å². The fraction of sp³-hybridized carbons (Fsp3) is 0.429. The minimum absolute atomic E-state index is 0.495. The van der Waals surface area contributed by atoms with Crippen molar-refractivity contribution in [2.24, 2.45) is 5.92 Å². The minimum Gasteiger partial charge on any atom is -0.381 e. The summed E-state index contributed by atoms with van der Waals surface area (Å²) < 4.78 is 10.6. The van der Waals surface area contributed by atoms with Crippen LogP contribution in [-0.4, -0.2) is 23.4 Å². The van der Waals surface area contributed by atoms with Gasteiger partial charge in [-0.15, -0.1) is 0 Å². The number of hydrogen-bond acceptors (Lipinski definition) is 5. The van der Waals surface area contributed by atoms with Crippen LogP contribution in [0.2, 0.25) is 5.02 Å². The molecule has 6 heteroatoms. The van der Waals surface area contributed by atoms with E-state index in [1.807, 2.05) is 24.3 Å². The van der Waals surface area contributed by atoms with E-state index < -0.39 is 0 Å². The second-order valence-corrected chi connectivity index (χ2v) is 5.34. The summed E-state index contributed by atoms with van der Waals surface area (Å²) in [7, 11) is 0. The third-order valence-electron chi connectivity index (χ3n) is 3.27. The van der Waals surface area contributed by atoms with E-state index in [1.165, 1.54) is 0 Å². The van der Waals surface area contributed by atoms with Gasteiger partial charge >= 0.3 is 0 Å². The molecular formula is C14H16ClN3O2. The van der Waals surface area contributed by atoms with Crippen molar-refractivity contribution in [1.82, 2.24) is 10.1 Å². The molecule has 0 spiro atoms. The molecule has 1 aromatic carbocycles. The maximum Gasteiger partial charge on any atom is 0.245 e. The van der Waals surface area contributed by atoms with Gasteiger partial charge < -0.3 is 14.6 Å². The highest BCUT2D eigenvalue weighted by molar-refractivity contribution is 6.30. The van der Waals surface area contributed by atoms with Gasteiger partial charge in [-0.05, 0) is 30.5 Å². The van der Waals surface area contributed by atoms with Crippen molar-refractivity contribution in [2.75, 3.05) is 18.5 Å². The molecule has 0 amide bonds. The van der Waals surface area contributed by atoms with Crippen LogP contribution in [0.15, 0.2) is 28.8 Å². The highest BCUT2D eigenvalue weighted by Gasteiger charge is 2.18. The Hall–Kier alpha value is -1.59. The SMILES string of the molecule is Clc1cccc(NCc2nc(CC3CCOC3)no2)c1. The molecule has 1 fully saturated rings. The molecule has 0 radical (unpaired) electrons. The monoisotopic (exact) mass is 293 g/mol. The summed E-state index contributed by atoms with van der Waals surface area (Å²) in [5, 5.41) is 7.90. The Balaban J connectivity index is 1.54. The number of benzene rings is 1. The molecular weight excluding hydrogens is 278 g/mol. The molecule has 106 valence electrons. The summed E-state index contributed by atoms with van der Waals surface area (Å²) in [4.78, 5) is 4.38. The summed E-state index contributed by atoms with van der Waals surface area (Å²) in [6.07, 6.45) is 1.89. The van der Waals surface area contributed by atoms with Gasteiger partial charge in [0, 0.05) is 30.3 Å². The number of nitrogens with zero attached hydrogens (tertiary/aromatic N) is 2. The van der Waals surface area contributed by atoms with Gasteiger partial charge in [0.25, 0.3) is 0 Å². The van der Waals surface area contributed by atoms with Crippen LogP contribution >= 0.6 is 11.6 Å². The zero-order valence-electron chi connectivity index (χ0n) is 11.0. The first-order valence-electron chi connectivity index (χ1n) is 6.68. The van der Waals surface area contributed by atoms with Gasteiger partial charge in [0.15, 0.2) is 5.82 Å². The molecule has 1 aliphatic rings. The summed E-state index contributed by atoms with van der Waals surface area (Å²) in [6, 6.07) is 7.53. The number of anilines is 1. The predicted octanol–water partition coefficient (Wildman–Crippen LogP) is 2.91. The Morgan fingerprint density at radius 2 is 2.35 bits per heavy atom. The Morgan fingerprint density at radius 1 is 1.40 bits per heavy atom. The van der Waals surface area contributed by atoms with Gasteiger partial charge in [-0.25, -0.2) is 0 Å². The van der Waals surface area contributed by atoms with Gasteiger partial charge in [-0.3, -0.25) is 0 Å². The maximum absolute atomic E-state index is 5.92. The van der Waals surface area contributed by atoms with Gasteiger partial charge in [0.05, 0.1) is 6.54 Å². The highest BCUT2D eigenvalue weighted by Crippen LogP contribution is 2.18. The van der Waals surface area contributed by atoms with Crippen molar-refractivity contribution in [3.8, 4) is 0 Å². The van der Waals surface area contributed by atoms with Crippen LogP contribution in [0.4, 0.5) is 5.69 Å². The average molecular weight is 294 g/mol. The van der Waals surface area contributed by atoms with E-state index in [0.29, 0.717) is 23.4 Å². The molecule has 0 bridgehead atoms. The summed E-state index contributed by atoms with van der Waals surface area (Å²) in [6.45, 7) is 2.13. The Labute approximate surface area is 122 Å². The van der Waals surface area contributed by atoms with Crippen LogP contribution in [0.25, 0.3) is 0 Å². The minimum atomic E-state index is 0.495. The summed E-state index contributed by atoms with van der Waals surface area (Å²) in [5.41, 5.74) is 0.932. The lowest BCUT2D eigenvalue weighted by molar-refractivity contribution is 0.185. The van der Waals surface area contributed by atoms with E-state index in [9.17, 15) is 0 Å². The lowest BCUT2D eigenvalue weighted by atomic mass is 10.1. The van der Waals surface area contributed by atoms with Crippen LogP contribution in [0, 0.1) is 5.92 Å². The Bertz CT molecular complexity index is 567. The van der Waals surface area contributed by atoms with Crippen molar-refractivity contribution in [3.63, 3.8) is 0 Å². The third kappa shape index (κ3) is 3.49. The molecule has 1 aromatic heterocycles. The molecule has 0 aliphatic carbocycles. The average Bonchev–Trinajstić information content (AvgIpc) is 3.09. The second-order valence-electron chi connectivity index (χ2n) is 4.90. The number of hydrogen-bond donors (Lipinski definition) is 1. The second kappa shape index (κ2) is 6.24. The molecule has 0 saturated carbocycles. The number of aromatic nitrogens is 2. The van der Waals surface area contributed by atoms with Crippen molar-refractivity contribution in [2.45, 2.75) is 19.4 Å². The third-order valence-corrected chi connectivity index (χ3v) is 3.51. The fourth-order valence-electron chi connectivity index (χ4n) is 2.22. The highest BCUT2D eigenvalue weighted by atomic mass is 35.5. The first-order chi connectivity index (χ1) is 9.79. The van der Waals surface area contributed by atoms with E-state index in [-0.39, 0.29) is 0 Å². The van der Waals surface area contributed by atoms with Crippen molar-refractivity contribution in [3.05, 3.63) is 41.0 Å². The molecule has 1 saturated heterocycles. The number of halogens is 1. The zero-order chi connectivity index (χ0) is 13.8. The quantitative estimate of drug-likeness (QED) is 0.918. The van der Waals surface area contributed by atoms with Crippen molar-refractivity contribution >= 4 is 17.3 Å². The fourth-order valence-corrected chi connectivity index (χ4v) is 2.41. The molecule has 5 nitrogen and oxygen atoms in total. The van der Waals surface area contributed by atoms with Crippen LogP contribution in [-0.2, 0) is 17.7 Å². The van der Waals surface area contributed by atoms with Crippen LogP contribution in [0.3, 0.4) is 0 Å². The maximum atomic E-state index is 5.92. The van der Waals surface area contributed by atoms with Crippen LogP contribution < -0.4 is 5.32 Å². The normalized spacial score (nSPS) is 18.4. The van der Waals surface area contributed by atoms with Crippen molar-refractivity contribution < 1.29 is 9.26 Å². The van der Waals surface area contributed by atoms with Gasteiger partial charge in [0.2, 0.25) is 5.89 Å². The largest absolute Gasteiger partial charge is 0.381 e. The first-order valence-corrected chi connectivity index (χ1v) is 7.06. The molecule has 2 heterocycles. The Kier molecular flexibility index (Phi) is 4.18. The molecule has 3 rings (SSSR count).